The monoisotopic (exact) mass is 363 g/mol. The first-order chi connectivity index (χ1) is 12.5. The van der Waals surface area contributed by atoms with Crippen LogP contribution in [0.15, 0.2) is 12.1 Å². The van der Waals surface area contributed by atoms with E-state index in [1.165, 1.54) is 7.11 Å². The zero-order valence-electron chi connectivity index (χ0n) is 15.3. The highest BCUT2D eigenvalue weighted by Gasteiger charge is 2.41. The van der Waals surface area contributed by atoms with Gasteiger partial charge in [-0.3, -0.25) is 9.59 Å². The van der Waals surface area contributed by atoms with Gasteiger partial charge in [-0.05, 0) is 18.9 Å². The van der Waals surface area contributed by atoms with Crippen LogP contribution in [0.25, 0.3) is 0 Å². The van der Waals surface area contributed by atoms with Crippen LogP contribution in [-0.2, 0) is 4.79 Å². The van der Waals surface area contributed by atoms with Crippen molar-refractivity contribution in [1.29, 1.82) is 0 Å². The van der Waals surface area contributed by atoms with Crippen molar-refractivity contribution < 1.29 is 24.2 Å². The molecule has 0 spiro atoms. The van der Waals surface area contributed by atoms with Crippen molar-refractivity contribution in [1.82, 2.24) is 10.2 Å². The summed E-state index contributed by atoms with van der Waals surface area (Å²) < 4.78 is 11.1. The van der Waals surface area contributed by atoms with Crippen LogP contribution in [0.3, 0.4) is 0 Å². The number of nitrogens with one attached hydrogen (secondary N) is 1. The minimum absolute atomic E-state index is 0.110. The lowest BCUT2D eigenvalue weighted by Crippen LogP contribution is -2.47. The fourth-order valence-electron chi connectivity index (χ4n) is 3.57. The number of carbonyl (C=O) groups is 2. The summed E-state index contributed by atoms with van der Waals surface area (Å²) in [4.78, 5) is 27.8. The molecule has 0 radical (unpaired) electrons. The van der Waals surface area contributed by atoms with Crippen LogP contribution in [0.1, 0.15) is 29.6 Å². The van der Waals surface area contributed by atoms with Crippen molar-refractivity contribution in [2.24, 2.45) is 0 Å². The summed E-state index contributed by atoms with van der Waals surface area (Å²) in [5.41, 5.74) is 1.07. The maximum Gasteiger partial charge on any atom is 0.256 e. The lowest BCUT2D eigenvalue weighted by atomic mass is 10.1. The van der Waals surface area contributed by atoms with Gasteiger partial charge in [-0.15, -0.1) is 0 Å². The van der Waals surface area contributed by atoms with E-state index < -0.39 is 6.23 Å². The summed E-state index contributed by atoms with van der Waals surface area (Å²) in [6.45, 7) is 0.824. The van der Waals surface area contributed by atoms with E-state index in [1.807, 2.05) is 0 Å². The summed E-state index contributed by atoms with van der Waals surface area (Å²) in [6.07, 6.45) is 1.09. The maximum atomic E-state index is 13.0. The Hall–Kier alpha value is -2.48. The predicted molar refractivity (Wildman–Crippen MR) is 95.6 cm³/mol. The molecule has 0 bridgehead atoms. The van der Waals surface area contributed by atoms with Crippen molar-refractivity contribution in [2.45, 2.75) is 31.5 Å². The quantitative estimate of drug-likeness (QED) is 0.795. The third-order valence-corrected chi connectivity index (χ3v) is 5.06. The Kier molecular flexibility index (Phi) is 5.22. The first kappa shape index (κ1) is 18.3. The molecule has 2 amide bonds. The molecule has 1 saturated heterocycles. The second kappa shape index (κ2) is 7.41. The first-order valence-corrected chi connectivity index (χ1v) is 8.75. The highest BCUT2D eigenvalue weighted by Crippen LogP contribution is 2.40. The van der Waals surface area contributed by atoms with Crippen molar-refractivity contribution in [2.75, 3.05) is 39.3 Å². The molecule has 2 aliphatic rings. The zero-order valence-corrected chi connectivity index (χ0v) is 15.3. The first-order valence-electron chi connectivity index (χ1n) is 8.75. The second-order valence-electron chi connectivity index (χ2n) is 6.52. The van der Waals surface area contributed by atoms with E-state index in [-0.39, 0.29) is 30.9 Å². The summed E-state index contributed by atoms with van der Waals surface area (Å²) in [6, 6.07) is 3.13. The maximum absolute atomic E-state index is 13.0. The van der Waals surface area contributed by atoms with Gasteiger partial charge in [0.05, 0.1) is 37.4 Å². The molecule has 8 heteroatoms. The predicted octanol–water partition coefficient (Wildman–Crippen LogP) is 0.583. The minimum atomic E-state index is -0.783. The molecule has 1 aromatic rings. The Morgan fingerprint density at radius 3 is 2.85 bits per heavy atom. The van der Waals surface area contributed by atoms with E-state index in [4.69, 9.17) is 9.47 Å². The van der Waals surface area contributed by atoms with Gasteiger partial charge in [-0.1, -0.05) is 0 Å². The molecule has 0 saturated carbocycles. The van der Waals surface area contributed by atoms with Crippen molar-refractivity contribution >= 4 is 17.5 Å². The number of ether oxygens (including phenoxy) is 2. The molecule has 0 aromatic heterocycles. The highest BCUT2D eigenvalue weighted by molar-refractivity contribution is 6.02. The zero-order chi connectivity index (χ0) is 18.8. The molecule has 26 heavy (non-hydrogen) atoms. The van der Waals surface area contributed by atoms with Crippen molar-refractivity contribution in [3.05, 3.63) is 17.7 Å². The Balaban J connectivity index is 1.94. The van der Waals surface area contributed by atoms with Gasteiger partial charge in [0.15, 0.2) is 11.5 Å². The largest absolute Gasteiger partial charge is 0.493 e. The molecule has 2 aliphatic heterocycles. The number of hydrogen-bond donors (Lipinski definition) is 2. The summed E-state index contributed by atoms with van der Waals surface area (Å²) in [5, 5.41) is 13.2. The van der Waals surface area contributed by atoms with Crippen LogP contribution in [0.4, 0.5) is 5.69 Å². The number of carbonyl (C=O) groups excluding carboxylic acids is 2. The normalized spacial score (nSPS) is 21.8. The van der Waals surface area contributed by atoms with E-state index in [0.29, 0.717) is 29.3 Å². The Morgan fingerprint density at radius 1 is 1.38 bits per heavy atom. The number of nitrogens with zero attached hydrogens (tertiary/aromatic N) is 2. The van der Waals surface area contributed by atoms with E-state index in [2.05, 4.69) is 5.32 Å². The number of benzene rings is 1. The van der Waals surface area contributed by atoms with Gasteiger partial charge in [0.25, 0.3) is 5.91 Å². The molecule has 1 aromatic carbocycles. The van der Waals surface area contributed by atoms with Crippen LogP contribution in [-0.4, -0.2) is 68.4 Å². The van der Waals surface area contributed by atoms with Crippen LogP contribution in [0.2, 0.25) is 0 Å². The molecular formula is C18H25N3O5. The standard InChI is InChI=1S/C18H25N3O5/c1-19-16(22)6-8-26-15-10-13-11(9-14(15)25-3)17(23)21-7-4-5-12(21)18(24)20(13)2/h9-10,12,18,24H,4-8H2,1-3H3,(H,19,22)/t12-,18?/m0/s1. The molecule has 0 aliphatic carbocycles. The molecule has 3 rings (SSSR count). The summed E-state index contributed by atoms with van der Waals surface area (Å²) >= 11 is 0. The Labute approximate surface area is 152 Å². The minimum Gasteiger partial charge on any atom is -0.493 e. The highest BCUT2D eigenvalue weighted by atomic mass is 16.5. The number of fused-ring (bicyclic) bond motifs is 2. The molecular weight excluding hydrogens is 338 g/mol. The van der Waals surface area contributed by atoms with Crippen molar-refractivity contribution in [3.63, 3.8) is 0 Å². The SMILES string of the molecule is CNC(=O)CCOc1cc2c(cc1OC)C(=O)N1CCC[C@H]1C(O)N2C. The fraction of sp³-hybridized carbons (Fsp3) is 0.556. The topological polar surface area (TPSA) is 91.3 Å². The van der Waals surface area contributed by atoms with Gasteiger partial charge < -0.3 is 29.7 Å². The number of likely N-dealkylation sites (N-methyl/N-ethyl adjacent to an activating group) is 1. The van der Waals surface area contributed by atoms with Gasteiger partial charge in [0.2, 0.25) is 5.91 Å². The van der Waals surface area contributed by atoms with E-state index >= 15 is 0 Å². The lowest BCUT2D eigenvalue weighted by molar-refractivity contribution is -0.121. The van der Waals surface area contributed by atoms with E-state index in [0.717, 1.165) is 12.8 Å². The Morgan fingerprint density at radius 2 is 2.15 bits per heavy atom. The molecule has 8 nitrogen and oxygen atoms in total. The van der Waals surface area contributed by atoms with Crippen LogP contribution >= 0.6 is 0 Å². The lowest BCUT2D eigenvalue weighted by Gasteiger charge is -2.31. The van der Waals surface area contributed by atoms with Gasteiger partial charge >= 0.3 is 0 Å². The summed E-state index contributed by atoms with van der Waals surface area (Å²) in [5.74, 6) is 0.627. The number of aliphatic hydroxyl groups excluding tert-OH is 1. The van der Waals surface area contributed by atoms with Crippen LogP contribution in [0, 0.1) is 0 Å². The fourth-order valence-corrected chi connectivity index (χ4v) is 3.57. The number of hydrogen-bond acceptors (Lipinski definition) is 6. The van der Waals surface area contributed by atoms with Crippen LogP contribution < -0.4 is 19.7 Å². The molecule has 2 N–H and O–H groups in total. The van der Waals surface area contributed by atoms with Gasteiger partial charge in [0, 0.05) is 26.7 Å². The Bertz CT molecular complexity index is 708. The number of aliphatic hydroxyl groups is 1. The third-order valence-electron chi connectivity index (χ3n) is 5.06. The van der Waals surface area contributed by atoms with Gasteiger partial charge in [-0.25, -0.2) is 0 Å². The number of amides is 2. The average molecular weight is 363 g/mol. The molecule has 1 fully saturated rings. The third kappa shape index (κ3) is 3.16. The molecule has 2 heterocycles. The molecule has 2 atom stereocenters. The van der Waals surface area contributed by atoms with Gasteiger partial charge in [-0.2, -0.15) is 0 Å². The number of methoxy groups -OCH3 is 1. The second-order valence-corrected chi connectivity index (χ2v) is 6.52. The smallest absolute Gasteiger partial charge is 0.256 e. The van der Waals surface area contributed by atoms with Crippen LogP contribution in [0.5, 0.6) is 11.5 Å². The van der Waals surface area contributed by atoms with Gasteiger partial charge in [0.1, 0.15) is 6.23 Å². The number of rotatable bonds is 5. The number of anilines is 1. The van der Waals surface area contributed by atoms with E-state index in [9.17, 15) is 14.7 Å². The summed E-state index contributed by atoms with van der Waals surface area (Å²) in [7, 11) is 4.84. The molecule has 1 unspecified atom stereocenters. The average Bonchev–Trinajstić information content (AvgIpc) is 3.12. The van der Waals surface area contributed by atoms with Crippen molar-refractivity contribution in [3.8, 4) is 11.5 Å². The molecule has 142 valence electrons. The van der Waals surface area contributed by atoms with E-state index in [1.54, 1.807) is 36.0 Å².